The highest BCUT2D eigenvalue weighted by atomic mass is 35.5. The van der Waals surface area contributed by atoms with Crippen molar-refractivity contribution >= 4 is 28.8 Å². The predicted octanol–water partition coefficient (Wildman–Crippen LogP) is 4.44. The molecule has 2 heterocycles. The number of halogens is 2. The number of carbonyl (C=O) groups excluding carboxylic acids is 1. The Kier molecular flexibility index (Phi) is 6.15. The molecule has 0 aliphatic rings. The van der Waals surface area contributed by atoms with Gasteiger partial charge in [0.25, 0.3) is 0 Å². The zero-order valence-corrected chi connectivity index (χ0v) is 17.2. The van der Waals surface area contributed by atoms with Gasteiger partial charge in [0.1, 0.15) is 5.82 Å². The van der Waals surface area contributed by atoms with Crippen LogP contribution < -0.4 is 5.32 Å². The van der Waals surface area contributed by atoms with E-state index in [9.17, 15) is 9.18 Å². The first-order chi connectivity index (χ1) is 14.5. The maximum Gasteiger partial charge on any atom is 0.246 e. The van der Waals surface area contributed by atoms with Crippen LogP contribution in [0.25, 0.3) is 11.4 Å². The van der Waals surface area contributed by atoms with Crippen LogP contribution in [0.3, 0.4) is 0 Å². The van der Waals surface area contributed by atoms with Crippen molar-refractivity contribution in [3.05, 3.63) is 86.9 Å². The van der Waals surface area contributed by atoms with Gasteiger partial charge in [-0.2, -0.15) is 4.98 Å². The highest BCUT2D eigenvalue weighted by Gasteiger charge is 2.12. The molecule has 0 spiro atoms. The highest BCUT2D eigenvalue weighted by molar-refractivity contribution is 7.09. The van der Waals surface area contributed by atoms with Crippen molar-refractivity contribution in [2.75, 3.05) is 0 Å². The fourth-order valence-electron chi connectivity index (χ4n) is 2.73. The summed E-state index contributed by atoms with van der Waals surface area (Å²) < 4.78 is 18.2. The average Bonchev–Trinajstić information content (AvgIpc) is 3.38. The summed E-state index contributed by atoms with van der Waals surface area (Å²) in [4.78, 5) is 21.0. The lowest BCUT2D eigenvalue weighted by Gasteiger charge is -2.00. The summed E-state index contributed by atoms with van der Waals surface area (Å²) in [5.41, 5.74) is 2.42. The SMILES string of the molecule is O=C(Cc1csc(Cc2ccc(F)cc2)n1)NCc1nc(-c2ccc(Cl)cc2)no1. The molecule has 4 aromatic rings. The number of nitrogens with zero attached hydrogens (tertiary/aromatic N) is 3. The summed E-state index contributed by atoms with van der Waals surface area (Å²) in [7, 11) is 0. The Morgan fingerprint density at radius 2 is 1.87 bits per heavy atom. The summed E-state index contributed by atoms with van der Waals surface area (Å²) in [6, 6.07) is 13.4. The third-order valence-corrected chi connectivity index (χ3v) is 5.37. The maximum atomic E-state index is 13.0. The molecule has 0 atom stereocenters. The molecule has 0 aliphatic carbocycles. The van der Waals surface area contributed by atoms with Crippen LogP contribution in [0.15, 0.2) is 58.4 Å². The van der Waals surface area contributed by atoms with Crippen molar-refractivity contribution in [1.82, 2.24) is 20.4 Å². The first-order valence-corrected chi connectivity index (χ1v) is 10.3. The van der Waals surface area contributed by atoms with Gasteiger partial charge in [-0.1, -0.05) is 28.9 Å². The molecule has 0 bridgehead atoms. The summed E-state index contributed by atoms with van der Waals surface area (Å²) in [6.07, 6.45) is 0.750. The van der Waals surface area contributed by atoms with E-state index in [0.29, 0.717) is 28.9 Å². The lowest BCUT2D eigenvalue weighted by atomic mass is 10.1. The van der Waals surface area contributed by atoms with Crippen molar-refractivity contribution in [2.24, 2.45) is 0 Å². The Labute approximate surface area is 180 Å². The van der Waals surface area contributed by atoms with Crippen LogP contribution in [0.1, 0.15) is 22.2 Å². The van der Waals surface area contributed by atoms with Crippen molar-refractivity contribution in [1.29, 1.82) is 0 Å². The van der Waals surface area contributed by atoms with E-state index in [0.717, 1.165) is 16.1 Å². The molecular weight excluding hydrogens is 427 g/mol. The third-order valence-electron chi connectivity index (χ3n) is 4.22. The monoisotopic (exact) mass is 442 g/mol. The number of hydrogen-bond acceptors (Lipinski definition) is 6. The molecule has 2 aromatic heterocycles. The minimum absolute atomic E-state index is 0.131. The molecule has 0 fully saturated rings. The van der Waals surface area contributed by atoms with Crippen LogP contribution in [0.2, 0.25) is 5.02 Å². The molecule has 152 valence electrons. The topological polar surface area (TPSA) is 80.9 Å². The van der Waals surface area contributed by atoms with E-state index in [1.807, 2.05) is 5.38 Å². The van der Waals surface area contributed by atoms with Gasteiger partial charge >= 0.3 is 0 Å². The van der Waals surface area contributed by atoms with E-state index in [-0.39, 0.29) is 24.7 Å². The quantitative estimate of drug-likeness (QED) is 0.457. The Morgan fingerprint density at radius 1 is 1.10 bits per heavy atom. The third kappa shape index (κ3) is 5.28. The largest absolute Gasteiger partial charge is 0.347 e. The van der Waals surface area contributed by atoms with Crippen LogP contribution in [0.5, 0.6) is 0 Å². The van der Waals surface area contributed by atoms with Crippen LogP contribution in [-0.4, -0.2) is 21.0 Å². The fourth-order valence-corrected chi connectivity index (χ4v) is 3.69. The second-order valence-electron chi connectivity index (χ2n) is 6.51. The van der Waals surface area contributed by atoms with Gasteiger partial charge in [-0.05, 0) is 42.0 Å². The van der Waals surface area contributed by atoms with Crippen molar-refractivity contribution in [3.63, 3.8) is 0 Å². The molecule has 4 rings (SSSR count). The smallest absolute Gasteiger partial charge is 0.246 e. The number of hydrogen-bond donors (Lipinski definition) is 1. The van der Waals surface area contributed by atoms with Gasteiger partial charge in [0.05, 0.1) is 23.7 Å². The van der Waals surface area contributed by atoms with Crippen LogP contribution >= 0.6 is 22.9 Å². The molecule has 6 nitrogen and oxygen atoms in total. The molecule has 0 aliphatic heterocycles. The zero-order valence-electron chi connectivity index (χ0n) is 15.6. The molecule has 1 amide bonds. The molecule has 2 aromatic carbocycles. The Balaban J connectivity index is 1.28. The molecule has 0 radical (unpaired) electrons. The molecule has 1 N–H and O–H groups in total. The predicted molar refractivity (Wildman–Crippen MR) is 112 cm³/mol. The number of carbonyl (C=O) groups is 1. The Bertz CT molecular complexity index is 1140. The average molecular weight is 443 g/mol. The van der Waals surface area contributed by atoms with Gasteiger partial charge in [-0.15, -0.1) is 11.3 Å². The second kappa shape index (κ2) is 9.15. The van der Waals surface area contributed by atoms with E-state index in [1.54, 1.807) is 36.4 Å². The van der Waals surface area contributed by atoms with Crippen molar-refractivity contribution in [2.45, 2.75) is 19.4 Å². The molecule has 0 saturated carbocycles. The first kappa shape index (κ1) is 20.2. The summed E-state index contributed by atoms with van der Waals surface area (Å²) in [6.45, 7) is 0.131. The van der Waals surface area contributed by atoms with Crippen LogP contribution in [0.4, 0.5) is 4.39 Å². The van der Waals surface area contributed by atoms with Gasteiger partial charge < -0.3 is 9.84 Å². The zero-order chi connectivity index (χ0) is 20.9. The number of amides is 1. The second-order valence-corrected chi connectivity index (χ2v) is 7.89. The summed E-state index contributed by atoms with van der Waals surface area (Å²) in [5.74, 6) is 0.279. The van der Waals surface area contributed by atoms with Gasteiger partial charge in [-0.3, -0.25) is 4.79 Å². The highest BCUT2D eigenvalue weighted by Crippen LogP contribution is 2.19. The van der Waals surface area contributed by atoms with Crippen LogP contribution in [-0.2, 0) is 24.2 Å². The van der Waals surface area contributed by atoms with Crippen molar-refractivity contribution < 1.29 is 13.7 Å². The number of rotatable bonds is 7. The lowest BCUT2D eigenvalue weighted by molar-refractivity contribution is -0.120. The van der Waals surface area contributed by atoms with Crippen LogP contribution in [0, 0.1) is 5.82 Å². The Hall–Kier alpha value is -3.10. The Morgan fingerprint density at radius 3 is 2.63 bits per heavy atom. The summed E-state index contributed by atoms with van der Waals surface area (Å²) >= 11 is 7.35. The van der Waals surface area contributed by atoms with E-state index < -0.39 is 0 Å². The maximum absolute atomic E-state index is 13.0. The number of benzene rings is 2. The van der Waals surface area contributed by atoms with Crippen molar-refractivity contribution in [3.8, 4) is 11.4 Å². The van der Waals surface area contributed by atoms with Gasteiger partial charge in [0.15, 0.2) is 0 Å². The molecule has 9 heteroatoms. The van der Waals surface area contributed by atoms with E-state index >= 15 is 0 Å². The molecule has 0 saturated heterocycles. The minimum atomic E-state index is -0.267. The summed E-state index contributed by atoms with van der Waals surface area (Å²) in [5, 5.41) is 10.0. The molecule has 0 unspecified atom stereocenters. The molecule has 30 heavy (non-hydrogen) atoms. The normalized spacial score (nSPS) is 10.9. The number of nitrogens with one attached hydrogen (secondary N) is 1. The van der Waals surface area contributed by atoms with Gasteiger partial charge in [0, 0.05) is 22.4 Å². The van der Waals surface area contributed by atoms with E-state index in [4.69, 9.17) is 16.1 Å². The fraction of sp³-hybridized carbons (Fsp3) is 0.143. The van der Waals surface area contributed by atoms with E-state index in [2.05, 4.69) is 20.4 Å². The van der Waals surface area contributed by atoms with Gasteiger partial charge in [-0.25, -0.2) is 9.37 Å². The van der Waals surface area contributed by atoms with E-state index in [1.165, 1.54) is 23.5 Å². The molecular formula is C21H16ClFN4O2S. The number of thiazole rings is 1. The standard InChI is InChI=1S/C21H16ClFN4O2S/c22-15-5-3-14(4-6-15)21-26-19(29-27-21)11-24-18(28)10-17-12-30-20(25-17)9-13-1-7-16(23)8-2-13/h1-8,12H,9-11H2,(H,24,28). The lowest BCUT2D eigenvalue weighted by Crippen LogP contribution is -2.24. The minimum Gasteiger partial charge on any atom is -0.347 e. The first-order valence-electron chi connectivity index (χ1n) is 9.08. The number of aromatic nitrogens is 3. The van der Waals surface area contributed by atoms with Gasteiger partial charge in [0.2, 0.25) is 17.6 Å².